The van der Waals surface area contributed by atoms with E-state index in [0.29, 0.717) is 10.7 Å². The Morgan fingerprint density at radius 3 is 2.62 bits per heavy atom. The molecule has 2 rings (SSSR count). The van der Waals surface area contributed by atoms with E-state index < -0.39 is 17.9 Å². The van der Waals surface area contributed by atoms with Crippen LogP contribution >= 0.6 is 27.5 Å². The molecule has 0 fully saturated rings. The van der Waals surface area contributed by atoms with Gasteiger partial charge in [0, 0.05) is 4.47 Å². The maximum absolute atomic E-state index is 12.1. The molecule has 0 spiro atoms. The monoisotopic (exact) mass is 410 g/mol. The minimum atomic E-state index is -1.02. The Labute approximate surface area is 153 Å². The summed E-state index contributed by atoms with van der Waals surface area (Å²) in [6, 6.07) is 13.3. The maximum atomic E-state index is 12.1. The Bertz CT molecular complexity index is 725. The van der Waals surface area contributed by atoms with Crippen molar-refractivity contribution in [2.75, 3.05) is 5.32 Å². The van der Waals surface area contributed by atoms with Crippen molar-refractivity contribution in [1.29, 1.82) is 0 Å². The van der Waals surface area contributed by atoms with Crippen molar-refractivity contribution in [2.24, 2.45) is 5.73 Å². The number of hydrogen-bond donors (Lipinski definition) is 2. The van der Waals surface area contributed by atoms with Gasteiger partial charge in [0.25, 0.3) is 0 Å². The molecule has 24 heavy (non-hydrogen) atoms. The van der Waals surface area contributed by atoms with Crippen LogP contribution < -0.4 is 11.1 Å². The second-order valence-electron chi connectivity index (χ2n) is 5.07. The van der Waals surface area contributed by atoms with Crippen LogP contribution in [-0.2, 0) is 20.9 Å². The third kappa shape index (κ3) is 5.63. The molecule has 7 heteroatoms. The van der Waals surface area contributed by atoms with Crippen molar-refractivity contribution >= 4 is 45.1 Å². The Morgan fingerprint density at radius 1 is 1.21 bits per heavy atom. The predicted molar refractivity (Wildman–Crippen MR) is 96.6 cm³/mol. The van der Waals surface area contributed by atoms with Crippen LogP contribution in [0.1, 0.15) is 12.0 Å². The zero-order valence-electron chi connectivity index (χ0n) is 12.7. The van der Waals surface area contributed by atoms with Crippen molar-refractivity contribution < 1.29 is 14.3 Å². The first-order chi connectivity index (χ1) is 11.5. The van der Waals surface area contributed by atoms with Crippen molar-refractivity contribution in [1.82, 2.24) is 0 Å². The van der Waals surface area contributed by atoms with Gasteiger partial charge in [0.1, 0.15) is 6.61 Å². The third-order valence-electron chi connectivity index (χ3n) is 3.15. The third-order valence-corrected chi connectivity index (χ3v) is 3.98. The number of carbonyl (C=O) groups is 2. The lowest BCUT2D eigenvalue weighted by Crippen LogP contribution is -2.37. The number of ether oxygens (including phenoxy) is 1. The van der Waals surface area contributed by atoms with E-state index in [4.69, 9.17) is 22.1 Å². The smallest absolute Gasteiger partial charge is 0.308 e. The number of amides is 1. The lowest BCUT2D eigenvalue weighted by molar-refractivity contribution is -0.146. The number of esters is 1. The van der Waals surface area contributed by atoms with Crippen molar-refractivity contribution in [3.05, 3.63) is 63.6 Å². The minimum absolute atomic E-state index is 0.144. The van der Waals surface area contributed by atoms with E-state index in [0.717, 1.165) is 10.0 Å². The molecule has 0 bridgehead atoms. The fourth-order valence-corrected chi connectivity index (χ4v) is 2.41. The highest BCUT2D eigenvalue weighted by Gasteiger charge is 2.19. The van der Waals surface area contributed by atoms with Crippen molar-refractivity contribution in [3.8, 4) is 0 Å². The molecule has 0 aliphatic carbocycles. The quantitative estimate of drug-likeness (QED) is 0.713. The van der Waals surface area contributed by atoms with Gasteiger partial charge in [0.05, 0.1) is 23.2 Å². The fourth-order valence-electron chi connectivity index (χ4n) is 1.89. The van der Waals surface area contributed by atoms with Gasteiger partial charge >= 0.3 is 5.97 Å². The molecule has 3 N–H and O–H groups in total. The molecule has 0 aromatic heterocycles. The number of halogens is 2. The average molecular weight is 412 g/mol. The summed E-state index contributed by atoms with van der Waals surface area (Å²) in [4.78, 5) is 23.9. The van der Waals surface area contributed by atoms with Gasteiger partial charge in [-0.1, -0.05) is 57.9 Å². The van der Waals surface area contributed by atoms with E-state index in [1.54, 1.807) is 18.2 Å². The predicted octanol–water partition coefficient (Wildman–Crippen LogP) is 3.50. The Balaban J connectivity index is 1.84. The summed E-state index contributed by atoms with van der Waals surface area (Å²) in [7, 11) is 0. The van der Waals surface area contributed by atoms with E-state index >= 15 is 0 Å². The molecule has 0 aliphatic heterocycles. The van der Waals surface area contributed by atoms with Crippen molar-refractivity contribution in [2.45, 2.75) is 19.1 Å². The van der Waals surface area contributed by atoms with Gasteiger partial charge in [-0.15, -0.1) is 0 Å². The molecule has 0 saturated carbocycles. The molecule has 0 radical (unpaired) electrons. The summed E-state index contributed by atoms with van der Waals surface area (Å²) in [5, 5.41) is 2.98. The van der Waals surface area contributed by atoms with Gasteiger partial charge in [-0.2, -0.15) is 0 Å². The second kappa shape index (κ2) is 8.82. The number of benzene rings is 2. The van der Waals surface area contributed by atoms with Crippen LogP contribution in [0.15, 0.2) is 53.0 Å². The zero-order chi connectivity index (χ0) is 17.5. The van der Waals surface area contributed by atoms with E-state index in [9.17, 15) is 9.59 Å². The first-order valence-corrected chi connectivity index (χ1v) is 8.34. The number of hydrogen-bond acceptors (Lipinski definition) is 4. The normalized spacial score (nSPS) is 11.6. The molecular formula is C17H16BrClN2O3. The van der Waals surface area contributed by atoms with Gasteiger partial charge in [0.15, 0.2) is 0 Å². The van der Waals surface area contributed by atoms with Crippen LogP contribution in [0.2, 0.25) is 5.02 Å². The summed E-state index contributed by atoms with van der Waals surface area (Å²) < 4.78 is 5.87. The summed E-state index contributed by atoms with van der Waals surface area (Å²) in [5.74, 6) is -1.05. The Kier molecular flexibility index (Phi) is 6.78. The zero-order valence-corrected chi connectivity index (χ0v) is 15.0. The van der Waals surface area contributed by atoms with E-state index in [2.05, 4.69) is 21.2 Å². The number of nitrogens with one attached hydrogen (secondary N) is 1. The molecular weight excluding hydrogens is 396 g/mol. The first kappa shape index (κ1) is 18.4. The molecule has 0 heterocycles. The van der Waals surface area contributed by atoms with Gasteiger partial charge in [-0.3, -0.25) is 9.59 Å². The number of carbonyl (C=O) groups excluding carboxylic acids is 2. The maximum Gasteiger partial charge on any atom is 0.308 e. The standard InChI is InChI=1S/C17H16BrClN2O3/c18-12-6-7-13(19)15(8-12)21-17(23)14(20)9-16(22)24-10-11-4-2-1-3-5-11/h1-8,14H,9-10,20H2,(H,21,23)/t14-/m0/s1. The van der Waals surface area contributed by atoms with Crippen LogP contribution in [0, 0.1) is 0 Å². The molecule has 2 aromatic rings. The van der Waals surface area contributed by atoms with Crippen LogP contribution in [-0.4, -0.2) is 17.9 Å². The summed E-state index contributed by atoms with van der Waals surface area (Å²) in [6.45, 7) is 0.144. The molecule has 0 saturated heterocycles. The number of nitrogens with two attached hydrogens (primary N) is 1. The number of anilines is 1. The summed E-state index contributed by atoms with van der Waals surface area (Å²) in [5.41, 5.74) is 7.04. The molecule has 0 aliphatic rings. The topological polar surface area (TPSA) is 81.4 Å². The highest BCUT2D eigenvalue weighted by atomic mass is 79.9. The summed E-state index contributed by atoms with van der Waals surface area (Å²) in [6.07, 6.45) is -0.218. The highest BCUT2D eigenvalue weighted by molar-refractivity contribution is 9.10. The van der Waals surface area contributed by atoms with Gasteiger partial charge in [-0.05, 0) is 23.8 Å². The second-order valence-corrected chi connectivity index (χ2v) is 6.39. The first-order valence-electron chi connectivity index (χ1n) is 7.17. The molecule has 1 atom stereocenters. The highest BCUT2D eigenvalue weighted by Crippen LogP contribution is 2.25. The number of rotatable bonds is 6. The largest absolute Gasteiger partial charge is 0.461 e. The average Bonchev–Trinajstić information content (AvgIpc) is 2.57. The van der Waals surface area contributed by atoms with Crippen LogP contribution in [0.3, 0.4) is 0 Å². The van der Waals surface area contributed by atoms with Gasteiger partial charge in [0.2, 0.25) is 5.91 Å². The van der Waals surface area contributed by atoms with Crippen LogP contribution in [0.4, 0.5) is 5.69 Å². The van der Waals surface area contributed by atoms with Gasteiger partial charge < -0.3 is 15.8 Å². The minimum Gasteiger partial charge on any atom is -0.461 e. The van der Waals surface area contributed by atoms with Gasteiger partial charge in [-0.25, -0.2) is 0 Å². The van der Waals surface area contributed by atoms with E-state index in [-0.39, 0.29) is 13.0 Å². The molecule has 5 nitrogen and oxygen atoms in total. The van der Waals surface area contributed by atoms with E-state index in [1.807, 2.05) is 30.3 Å². The molecule has 0 unspecified atom stereocenters. The SMILES string of the molecule is N[C@@H](CC(=O)OCc1ccccc1)C(=O)Nc1cc(Br)ccc1Cl. The lowest BCUT2D eigenvalue weighted by atomic mass is 10.2. The Morgan fingerprint density at radius 2 is 1.92 bits per heavy atom. The Hall–Kier alpha value is -1.89. The van der Waals surface area contributed by atoms with Crippen LogP contribution in [0.25, 0.3) is 0 Å². The summed E-state index contributed by atoms with van der Waals surface area (Å²) >= 11 is 9.29. The van der Waals surface area contributed by atoms with E-state index in [1.165, 1.54) is 0 Å². The lowest BCUT2D eigenvalue weighted by Gasteiger charge is -2.13. The van der Waals surface area contributed by atoms with Crippen LogP contribution in [0.5, 0.6) is 0 Å². The molecule has 2 aromatic carbocycles. The molecule has 126 valence electrons. The van der Waals surface area contributed by atoms with Crippen molar-refractivity contribution in [3.63, 3.8) is 0 Å². The fraction of sp³-hybridized carbons (Fsp3) is 0.176. The molecule has 1 amide bonds.